The van der Waals surface area contributed by atoms with E-state index in [1.165, 1.54) is 12.8 Å². The van der Waals surface area contributed by atoms with Crippen molar-refractivity contribution in [3.63, 3.8) is 0 Å². The van der Waals surface area contributed by atoms with Crippen molar-refractivity contribution in [2.45, 2.75) is 52.2 Å². The highest BCUT2D eigenvalue weighted by atomic mass is 16.5. The second-order valence-electron chi connectivity index (χ2n) is 7.27. The lowest BCUT2D eigenvalue weighted by molar-refractivity contribution is 0.123. The monoisotopic (exact) mass is 377 g/mol. The van der Waals surface area contributed by atoms with E-state index in [2.05, 4.69) is 15.6 Å². The molecule has 6 heteroatoms. The van der Waals surface area contributed by atoms with Gasteiger partial charge in [-0.2, -0.15) is 0 Å². The van der Waals surface area contributed by atoms with E-state index in [-0.39, 0.29) is 6.10 Å². The lowest BCUT2D eigenvalue weighted by Crippen LogP contribution is -2.38. The molecule has 1 aliphatic carbocycles. The van der Waals surface area contributed by atoms with Gasteiger partial charge in [-0.3, -0.25) is 4.99 Å². The predicted molar refractivity (Wildman–Crippen MR) is 109 cm³/mol. The molecule has 1 atom stereocenters. The number of hydrogen-bond donors (Lipinski definition) is 3. The molecule has 0 spiro atoms. The van der Waals surface area contributed by atoms with Crippen molar-refractivity contribution in [1.29, 1.82) is 0 Å². The minimum Gasteiger partial charge on any atom is -0.491 e. The number of nitrogens with one attached hydrogen (secondary N) is 2. The van der Waals surface area contributed by atoms with Crippen molar-refractivity contribution in [2.75, 3.05) is 32.8 Å². The zero-order chi connectivity index (χ0) is 19.5. The predicted octanol–water partition coefficient (Wildman–Crippen LogP) is 2.88. The van der Waals surface area contributed by atoms with Gasteiger partial charge in [0.15, 0.2) is 5.96 Å². The standard InChI is InChI=1S/C21H35N3O3/c1-4-22-21(23-11-6-12-26-15-17-9-10-17)24-14-20(25)18-7-5-8-19(13-18)27-16(2)3/h5,7-8,13,16-17,20,25H,4,6,9-12,14-15H2,1-3H3,(H2,22,23,24). The number of hydrogen-bond acceptors (Lipinski definition) is 4. The zero-order valence-electron chi connectivity index (χ0n) is 16.9. The van der Waals surface area contributed by atoms with Crippen molar-refractivity contribution in [2.24, 2.45) is 10.9 Å². The van der Waals surface area contributed by atoms with Crippen molar-refractivity contribution in [3.05, 3.63) is 29.8 Å². The van der Waals surface area contributed by atoms with Gasteiger partial charge in [0.25, 0.3) is 0 Å². The molecule has 1 fully saturated rings. The number of guanidine groups is 1. The van der Waals surface area contributed by atoms with Crippen molar-refractivity contribution in [3.8, 4) is 5.75 Å². The minimum absolute atomic E-state index is 0.105. The van der Waals surface area contributed by atoms with E-state index in [9.17, 15) is 5.11 Å². The van der Waals surface area contributed by atoms with Crippen LogP contribution in [0, 0.1) is 5.92 Å². The largest absolute Gasteiger partial charge is 0.491 e. The molecule has 152 valence electrons. The second kappa shape index (κ2) is 11.8. The van der Waals surface area contributed by atoms with Crippen LogP contribution in [0.1, 0.15) is 51.7 Å². The Hall–Kier alpha value is -1.79. The average Bonchev–Trinajstić information content (AvgIpc) is 3.46. The Labute approximate surface area is 163 Å². The van der Waals surface area contributed by atoms with Gasteiger partial charge in [-0.25, -0.2) is 0 Å². The summed E-state index contributed by atoms with van der Waals surface area (Å²) in [6, 6.07) is 7.56. The highest BCUT2D eigenvalue weighted by Gasteiger charge is 2.20. The smallest absolute Gasteiger partial charge is 0.191 e. The molecule has 0 bridgehead atoms. The number of benzene rings is 1. The molecule has 3 N–H and O–H groups in total. The molecule has 0 aliphatic heterocycles. The van der Waals surface area contributed by atoms with Crippen molar-refractivity contribution in [1.82, 2.24) is 10.6 Å². The van der Waals surface area contributed by atoms with Crippen LogP contribution >= 0.6 is 0 Å². The lowest BCUT2D eigenvalue weighted by Gasteiger charge is -2.15. The molecular formula is C21H35N3O3. The number of aliphatic hydroxyl groups excluding tert-OH is 1. The van der Waals surface area contributed by atoms with Crippen LogP contribution in [0.3, 0.4) is 0 Å². The van der Waals surface area contributed by atoms with Crippen LogP contribution in [0.4, 0.5) is 0 Å². The van der Waals surface area contributed by atoms with Gasteiger partial charge in [-0.1, -0.05) is 12.1 Å². The van der Waals surface area contributed by atoms with Gasteiger partial charge in [-0.05, 0) is 63.6 Å². The van der Waals surface area contributed by atoms with Crippen LogP contribution in [0.2, 0.25) is 0 Å². The maximum Gasteiger partial charge on any atom is 0.191 e. The number of aliphatic hydroxyl groups is 1. The zero-order valence-corrected chi connectivity index (χ0v) is 16.9. The van der Waals surface area contributed by atoms with E-state index in [1.54, 1.807) is 0 Å². The Bertz CT molecular complexity index is 574. The van der Waals surface area contributed by atoms with Gasteiger partial charge in [0.1, 0.15) is 5.75 Å². The molecule has 0 aromatic heterocycles. The first kappa shape index (κ1) is 21.5. The quantitative estimate of drug-likeness (QED) is 0.297. The third-order valence-corrected chi connectivity index (χ3v) is 4.19. The summed E-state index contributed by atoms with van der Waals surface area (Å²) < 4.78 is 11.3. The minimum atomic E-state index is -0.668. The fourth-order valence-corrected chi connectivity index (χ4v) is 2.61. The Kier molecular flexibility index (Phi) is 9.42. The molecule has 0 saturated heterocycles. The molecule has 1 saturated carbocycles. The third-order valence-electron chi connectivity index (χ3n) is 4.19. The molecule has 0 amide bonds. The Morgan fingerprint density at radius 3 is 2.81 bits per heavy atom. The van der Waals surface area contributed by atoms with Crippen LogP contribution in [0.25, 0.3) is 0 Å². The molecule has 0 radical (unpaired) electrons. The molecule has 2 rings (SSSR count). The molecule has 1 aliphatic rings. The lowest BCUT2D eigenvalue weighted by atomic mass is 10.1. The molecule has 1 unspecified atom stereocenters. The van der Waals surface area contributed by atoms with E-state index in [0.717, 1.165) is 50.0 Å². The maximum atomic E-state index is 10.5. The first-order chi connectivity index (χ1) is 13.1. The number of aliphatic imine (C=N–C) groups is 1. The fraction of sp³-hybridized carbons (Fsp3) is 0.667. The number of rotatable bonds is 12. The Morgan fingerprint density at radius 2 is 2.11 bits per heavy atom. The van der Waals surface area contributed by atoms with E-state index >= 15 is 0 Å². The van der Waals surface area contributed by atoms with Gasteiger partial charge in [0.2, 0.25) is 0 Å². The van der Waals surface area contributed by atoms with Crippen LogP contribution in [0.15, 0.2) is 29.3 Å². The maximum absolute atomic E-state index is 10.5. The average molecular weight is 378 g/mol. The van der Waals surface area contributed by atoms with Gasteiger partial charge < -0.3 is 25.2 Å². The first-order valence-electron chi connectivity index (χ1n) is 10.1. The van der Waals surface area contributed by atoms with Crippen LogP contribution < -0.4 is 15.4 Å². The van der Waals surface area contributed by atoms with Crippen LogP contribution in [-0.4, -0.2) is 50.0 Å². The van der Waals surface area contributed by atoms with Crippen LogP contribution in [-0.2, 0) is 4.74 Å². The Morgan fingerprint density at radius 1 is 1.30 bits per heavy atom. The van der Waals surface area contributed by atoms with E-state index in [4.69, 9.17) is 9.47 Å². The van der Waals surface area contributed by atoms with Crippen molar-refractivity contribution >= 4 is 5.96 Å². The summed E-state index contributed by atoms with van der Waals surface area (Å²) in [4.78, 5) is 4.50. The number of nitrogens with zero attached hydrogens (tertiary/aromatic N) is 1. The summed E-state index contributed by atoms with van der Waals surface area (Å²) in [5.41, 5.74) is 0.807. The topological polar surface area (TPSA) is 75.1 Å². The summed E-state index contributed by atoms with van der Waals surface area (Å²) in [5.74, 6) is 2.29. The highest BCUT2D eigenvalue weighted by molar-refractivity contribution is 5.79. The Balaban J connectivity index is 1.76. The third kappa shape index (κ3) is 9.11. The fourth-order valence-electron chi connectivity index (χ4n) is 2.61. The second-order valence-corrected chi connectivity index (χ2v) is 7.27. The molecule has 1 aromatic rings. The number of ether oxygens (including phenoxy) is 2. The molecule has 1 aromatic carbocycles. The highest BCUT2D eigenvalue weighted by Crippen LogP contribution is 2.28. The molecular weight excluding hydrogens is 342 g/mol. The van der Waals surface area contributed by atoms with E-state index in [0.29, 0.717) is 12.5 Å². The summed E-state index contributed by atoms with van der Waals surface area (Å²) in [5, 5.41) is 17.0. The van der Waals surface area contributed by atoms with Gasteiger partial charge >= 0.3 is 0 Å². The summed E-state index contributed by atoms with van der Waals surface area (Å²) in [6.45, 7) is 9.53. The summed E-state index contributed by atoms with van der Waals surface area (Å²) in [7, 11) is 0. The van der Waals surface area contributed by atoms with Crippen LogP contribution in [0.5, 0.6) is 5.75 Å². The first-order valence-corrected chi connectivity index (χ1v) is 10.1. The molecule has 27 heavy (non-hydrogen) atoms. The van der Waals surface area contributed by atoms with Gasteiger partial charge in [0.05, 0.1) is 18.8 Å². The summed E-state index contributed by atoms with van der Waals surface area (Å²) >= 11 is 0. The van der Waals surface area contributed by atoms with Crippen molar-refractivity contribution < 1.29 is 14.6 Å². The van der Waals surface area contributed by atoms with E-state index in [1.807, 2.05) is 45.0 Å². The molecule has 6 nitrogen and oxygen atoms in total. The van der Waals surface area contributed by atoms with Gasteiger partial charge in [0, 0.05) is 26.3 Å². The molecule has 0 heterocycles. The van der Waals surface area contributed by atoms with E-state index < -0.39 is 6.10 Å². The SMILES string of the molecule is CCNC(=NCC(O)c1cccc(OC(C)C)c1)NCCCOCC1CC1. The van der Waals surface area contributed by atoms with Gasteiger partial charge in [-0.15, -0.1) is 0 Å². The normalized spacial score (nSPS) is 15.7. The summed E-state index contributed by atoms with van der Waals surface area (Å²) in [6.07, 6.45) is 3.02.